The molecule has 4 nitrogen and oxygen atoms in total. The van der Waals surface area contributed by atoms with Crippen LogP contribution in [-0.2, 0) is 0 Å². The summed E-state index contributed by atoms with van der Waals surface area (Å²) in [4.78, 5) is 23.5. The molecule has 0 saturated carbocycles. The number of benzene rings is 2. The zero-order chi connectivity index (χ0) is 15.6. The Morgan fingerprint density at radius 2 is 1.90 bits per heavy atom. The lowest BCUT2D eigenvalue weighted by molar-refractivity contribution is 0.0698. The van der Waals surface area contributed by atoms with E-state index in [2.05, 4.69) is 27.9 Å². The monoisotopic (exact) mass is 415 g/mol. The number of rotatable bonds is 3. The smallest absolute Gasteiger partial charge is 0.337 e. The summed E-state index contributed by atoms with van der Waals surface area (Å²) in [6.07, 6.45) is 0. The van der Waals surface area contributed by atoms with Gasteiger partial charge in [0.2, 0.25) is 0 Å². The molecule has 0 bridgehead atoms. The lowest BCUT2D eigenvalue weighted by Gasteiger charge is -2.11. The number of aromatic carboxylic acids is 1. The molecule has 2 aromatic carbocycles. The molecule has 0 unspecified atom stereocenters. The van der Waals surface area contributed by atoms with E-state index < -0.39 is 5.97 Å². The third-order valence-electron chi connectivity index (χ3n) is 2.90. The van der Waals surface area contributed by atoms with Crippen molar-refractivity contribution < 1.29 is 14.7 Å². The van der Waals surface area contributed by atoms with E-state index in [1.165, 1.54) is 18.2 Å². The van der Waals surface area contributed by atoms with Crippen LogP contribution in [0.3, 0.4) is 0 Å². The van der Waals surface area contributed by atoms with E-state index in [0.29, 0.717) is 10.6 Å². The predicted molar refractivity (Wildman–Crippen MR) is 90.3 cm³/mol. The molecule has 0 spiro atoms. The number of hydrogen-bond donors (Lipinski definition) is 2. The standard InChI is InChI=1S/C15H11ClINO3/c1-8-3-2-4-10(13(8)17)14(19)18-12-6-5-9(16)7-11(12)15(20)21/h2-7H,1H3,(H,18,19)(H,20,21). The molecular formula is C15H11ClINO3. The fraction of sp³-hybridized carbons (Fsp3) is 0.0667. The molecule has 0 aromatic heterocycles. The molecule has 0 atom stereocenters. The number of carbonyl (C=O) groups excluding carboxylic acids is 1. The van der Waals surface area contributed by atoms with Crippen molar-refractivity contribution in [3.8, 4) is 0 Å². The van der Waals surface area contributed by atoms with Gasteiger partial charge in [0.15, 0.2) is 0 Å². The number of hydrogen-bond acceptors (Lipinski definition) is 2. The molecule has 1 amide bonds. The summed E-state index contributed by atoms with van der Waals surface area (Å²) in [5.74, 6) is -1.50. The first-order chi connectivity index (χ1) is 9.90. The highest BCUT2D eigenvalue weighted by molar-refractivity contribution is 14.1. The Kier molecular flexibility index (Phi) is 4.84. The van der Waals surface area contributed by atoms with Gasteiger partial charge in [-0.25, -0.2) is 4.79 Å². The number of halogens is 2. The second-order valence-electron chi connectivity index (χ2n) is 4.39. The van der Waals surface area contributed by atoms with E-state index in [9.17, 15) is 9.59 Å². The van der Waals surface area contributed by atoms with Gasteiger partial charge in [-0.2, -0.15) is 0 Å². The number of anilines is 1. The Morgan fingerprint density at radius 1 is 1.19 bits per heavy atom. The molecule has 0 radical (unpaired) electrons. The number of carboxylic acids is 1. The van der Waals surface area contributed by atoms with Crippen LogP contribution in [0.1, 0.15) is 26.3 Å². The van der Waals surface area contributed by atoms with Gasteiger partial charge >= 0.3 is 5.97 Å². The maximum atomic E-state index is 12.3. The van der Waals surface area contributed by atoms with E-state index in [0.717, 1.165) is 9.13 Å². The quantitative estimate of drug-likeness (QED) is 0.738. The lowest BCUT2D eigenvalue weighted by atomic mass is 10.1. The van der Waals surface area contributed by atoms with Gasteiger partial charge in [0.25, 0.3) is 5.91 Å². The fourth-order valence-electron chi connectivity index (χ4n) is 1.81. The van der Waals surface area contributed by atoms with Crippen LogP contribution >= 0.6 is 34.2 Å². The highest BCUT2D eigenvalue weighted by atomic mass is 127. The molecule has 108 valence electrons. The van der Waals surface area contributed by atoms with Gasteiger partial charge in [0.05, 0.1) is 16.8 Å². The molecule has 0 aliphatic carbocycles. The Morgan fingerprint density at radius 3 is 2.57 bits per heavy atom. The summed E-state index contributed by atoms with van der Waals surface area (Å²) in [5, 5.41) is 12.1. The molecule has 0 fully saturated rings. The van der Waals surface area contributed by atoms with E-state index in [4.69, 9.17) is 16.7 Å². The molecule has 0 aliphatic rings. The molecular weight excluding hydrogens is 405 g/mol. The van der Waals surface area contributed by atoms with E-state index in [1.807, 2.05) is 13.0 Å². The molecule has 2 aromatic rings. The Hall–Kier alpha value is -1.60. The van der Waals surface area contributed by atoms with Crippen molar-refractivity contribution in [1.82, 2.24) is 0 Å². The van der Waals surface area contributed by atoms with E-state index >= 15 is 0 Å². The molecule has 6 heteroatoms. The van der Waals surface area contributed by atoms with Crippen molar-refractivity contribution >= 4 is 51.8 Å². The highest BCUT2D eigenvalue weighted by Gasteiger charge is 2.16. The summed E-state index contributed by atoms with van der Waals surface area (Å²) in [7, 11) is 0. The van der Waals surface area contributed by atoms with Gasteiger partial charge in [-0.15, -0.1) is 0 Å². The predicted octanol–water partition coefficient (Wildman–Crippen LogP) is 4.20. The van der Waals surface area contributed by atoms with Crippen LogP contribution in [0, 0.1) is 10.5 Å². The number of nitrogens with one attached hydrogen (secondary N) is 1. The SMILES string of the molecule is Cc1cccc(C(=O)Nc2ccc(Cl)cc2C(=O)O)c1I. The average Bonchev–Trinajstić information content (AvgIpc) is 2.43. The van der Waals surface area contributed by atoms with Crippen LogP contribution in [0.15, 0.2) is 36.4 Å². The summed E-state index contributed by atoms with van der Waals surface area (Å²) in [6.45, 7) is 1.91. The maximum Gasteiger partial charge on any atom is 0.337 e. The molecule has 2 N–H and O–H groups in total. The first-order valence-corrected chi connectivity index (χ1v) is 7.45. The average molecular weight is 416 g/mol. The lowest BCUT2D eigenvalue weighted by Crippen LogP contribution is -2.16. The van der Waals surface area contributed by atoms with Gasteiger partial charge in [-0.05, 0) is 59.3 Å². The topological polar surface area (TPSA) is 66.4 Å². The number of carboxylic acid groups (broad SMARTS) is 1. The van der Waals surface area contributed by atoms with Crippen LogP contribution in [0.5, 0.6) is 0 Å². The van der Waals surface area contributed by atoms with Crippen molar-refractivity contribution in [3.05, 3.63) is 61.7 Å². The molecule has 21 heavy (non-hydrogen) atoms. The zero-order valence-electron chi connectivity index (χ0n) is 11.0. The van der Waals surface area contributed by atoms with Crippen molar-refractivity contribution in [1.29, 1.82) is 0 Å². The zero-order valence-corrected chi connectivity index (χ0v) is 13.9. The summed E-state index contributed by atoms with van der Waals surface area (Å²) in [5.41, 5.74) is 1.66. The summed E-state index contributed by atoms with van der Waals surface area (Å²) >= 11 is 7.88. The third-order valence-corrected chi connectivity index (χ3v) is 4.56. The second kappa shape index (κ2) is 6.44. The van der Waals surface area contributed by atoms with Gasteiger partial charge in [0.1, 0.15) is 0 Å². The highest BCUT2D eigenvalue weighted by Crippen LogP contribution is 2.23. The Bertz CT molecular complexity index is 731. The number of carbonyl (C=O) groups is 2. The van der Waals surface area contributed by atoms with E-state index in [-0.39, 0.29) is 17.2 Å². The minimum absolute atomic E-state index is 0.0430. The van der Waals surface area contributed by atoms with Crippen molar-refractivity contribution in [2.75, 3.05) is 5.32 Å². The molecule has 2 rings (SSSR count). The van der Waals surface area contributed by atoms with Crippen molar-refractivity contribution in [2.45, 2.75) is 6.92 Å². The van der Waals surface area contributed by atoms with Crippen LogP contribution in [-0.4, -0.2) is 17.0 Å². The Labute approximate surface area is 140 Å². The number of aryl methyl sites for hydroxylation is 1. The van der Waals surface area contributed by atoms with Crippen molar-refractivity contribution in [3.63, 3.8) is 0 Å². The van der Waals surface area contributed by atoms with Crippen LogP contribution in [0.25, 0.3) is 0 Å². The summed E-state index contributed by atoms with van der Waals surface area (Å²) in [6, 6.07) is 9.70. The first kappa shape index (κ1) is 15.8. The maximum absolute atomic E-state index is 12.3. The number of amides is 1. The third kappa shape index (κ3) is 3.54. The molecule has 0 aliphatic heterocycles. The minimum Gasteiger partial charge on any atom is -0.478 e. The van der Waals surface area contributed by atoms with E-state index in [1.54, 1.807) is 12.1 Å². The Balaban J connectivity index is 2.36. The second-order valence-corrected chi connectivity index (χ2v) is 5.90. The molecule has 0 heterocycles. The summed E-state index contributed by atoms with van der Waals surface area (Å²) < 4.78 is 0.832. The van der Waals surface area contributed by atoms with Gasteiger partial charge in [0, 0.05) is 8.59 Å². The van der Waals surface area contributed by atoms with Gasteiger partial charge in [-0.3, -0.25) is 4.79 Å². The largest absolute Gasteiger partial charge is 0.478 e. The molecule has 0 saturated heterocycles. The minimum atomic E-state index is -1.15. The van der Waals surface area contributed by atoms with Gasteiger partial charge in [-0.1, -0.05) is 23.7 Å². The normalized spacial score (nSPS) is 10.2. The van der Waals surface area contributed by atoms with Crippen LogP contribution in [0.4, 0.5) is 5.69 Å². The van der Waals surface area contributed by atoms with Crippen LogP contribution < -0.4 is 5.32 Å². The van der Waals surface area contributed by atoms with Crippen LogP contribution in [0.2, 0.25) is 5.02 Å². The van der Waals surface area contributed by atoms with Gasteiger partial charge < -0.3 is 10.4 Å². The van der Waals surface area contributed by atoms with Crippen molar-refractivity contribution in [2.24, 2.45) is 0 Å². The first-order valence-electron chi connectivity index (χ1n) is 5.99. The fourth-order valence-corrected chi connectivity index (χ4v) is 2.59.